The monoisotopic (exact) mass is 309 g/mol. The SMILES string of the molecule is C=CCN1C(=S)N=NC1C(C)Oc1cc(C)ccc1Cl. The summed E-state index contributed by atoms with van der Waals surface area (Å²) < 4.78 is 5.91. The second-order valence-corrected chi connectivity index (χ2v) is 5.38. The van der Waals surface area contributed by atoms with Crippen LogP contribution in [0.4, 0.5) is 0 Å². The van der Waals surface area contributed by atoms with Gasteiger partial charge in [0.05, 0.1) is 5.02 Å². The lowest BCUT2D eigenvalue weighted by molar-refractivity contribution is 0.136. The van der Waals surface area contributed by atoms with Crippen molar-refractivity contribution in [3.8, 4) is 5.75 Å². The molecule has 0 saturated heterocycles. The van der Waals surface area contributed by atoms with Gasteiger partial charge in [-0.1, -0.05) is 23.7 Å². The van der Waals surface area contributed by atoms with Crippen LogP contribution >= 0.6 is 23.8 Å². The molecule has 0 aromatic heterocycles. The number of halogens is 1. The van der Waals surface area contributed by atoms with Gasteiger partial charge >= 0.3 is 0 Å². The Bertz CT molecular complexity index is 561. The Balaban J connectivity index is 2.13. The van der Waals surface area contributed by atoms with Gasteiger partial charge in [-0.15, -0.1) is 11.7 Å². The molecule has 1 aromatic carbocycles. The Labute approximate surface area is 129 Å². The van der Waals surface area contributed by atoms with E-state index < -0.39 is 0 Å². The Morgan fingerprint density at radius 1 is 1.60 bits per heavy atom. The van der Waals surface area contributed by atoms with Gasteiger partial charge in [-0.2, -0.15) is 5.11 Å². The van der Waals surface area contributed by atoms with E-state index >= 15 is 0 Å². The third kappa shape index (κ3) is 3.16. The van der Waals surface area contributed by atoms with E-state index in [1.807, 2.05) is 36.9 Å². The van der Waals surface area contributed by atoms with Crippen molar-refractivity contribution in [1.29, 1.82) is 0 Å². The van der Waals surface area contributed by atoms with Gasteiger partial charge in [-0.3, -0.25) is 0 Å². The van der Waals surface area contributed by atoms with Crippen LogP contribution in [0, 0.1) is 6.92 Å². The third-order valence-electron chi connectivity index (χ3n) is 2.97. The van der Waals surface area contributed by atoms with Crippen molar-refractivity contribution in [3.05, 3.63) is 41.4 Å². The maximum Gasteiger partial charge on any atom is 0.218 e. The average molecular weight is 310 g/mol. The molecule has 4 nitrogen and oxygen atoms in total. The maximum atomic E-state index is 6.14. The van der Waals surface area contributed by atoms with Crippen molar-refractivity contribution < 1.29 is 4.74 Å². The predicted octanol–water partition coefficient (Wildman–Crippen LogP) is 3.98. The fourth-order valence-corrected chi connectivity index (χ4v) is 2.37. The molecule has 6 heteroatoms. The largest absolute Gasteiger partial charge is 0.485 e. The molecule has 0 aliphatic carbocycles. The number of azo groups is 1. The highest BCUT2D eigenvalue weighted by Gasteiger charge is 2.31. The normalized spacial score (nSPS) is 19.2. The highest BCUT2D eigenvalue weighted by Crippen LogP contribution is 2.28. The van der Waals surface area contributed by atoms with Gasteiger partial charge in [-0.05, 0) is 43.8 Å². The molecule has 0 fully saturated rings. The zero-order valence-electron chi connectivity index (χ0n) is 11.4. The molecule has 1 heterocycles. The summed E-state index contributed by atoms with van der Waals surface area (Å²) in [5.74, 6) is 0.644. The minimum Gasteiger partial charge on any atom is -0.485 e. The number of hydrogen-bond donors (Lipinski definition) is 0. The van der Waals surface area contributed by atoms with E-state index in [4.69, 9.17) is 28.6 Å². The minimum atomic E-state index is -0.253. The van der Waals surface area contributed by atoms with E-state index in [0.717, 1.165) is 5.56 Å². The Morgan fingerprint density at radius 3 is 3.05 bits per heavy atom. The summed E-state index contributed by atoms with van der Waals surface area (Å²) in [6.45, 7) is 8.22. The molecule has 20 heavy (non-hydrogen) atoms. The third-order valence-corrected chi connectivity index (χ3v) is 3.60. The van der Waals surface area contributed by atoms with Gasteiger partial charge in [0, 0.05) is 6.54 Å². The van der Waals surface area contributed by atoms with Crippen LogP contribution in [0.15, 0.2) is 41.1 Å². The van der Waals surface area contributed by atoms with Crippen LogP contribution in [0.5, 0.6) is 5.75 Å². The molecule has 2 rings (SSSR count). The second kappa shape index (κ2) is 6.33. The summed E-state index contributed by atoms with van der Waals surface area (Å²) in [6.07, 6.45) is 1.29. The van der Waals surface area contributed by atoms with Crippen LogP contribution in [0.1, 0.15) is 12.5 Å². The molecule has 1 aliphatic heterocycles. The van der Waals surface area contributed by atoms with Crippen LogP contribution in [-0.2, 0) is 0 Å². The first-order valence-electron chi connectivity index (χ1n) is 6.28. The molecule has 0 saturated carbocycles. The van der Waals surface area contributed by atoms with E-state index in [9.17, 15) is 0 Å². The van der Waals surface area contributed by atoms with Gasteiger partial charge in [0.2, 0.25) is 5.11 Å². The smallest absolute Gasteiger partial charge is 0.218 e. The summed E-state index contributed by atoms with van der Waals surface area (Å²) in [5, 5.41) is 9.14. The van der Waals surface area contributed by atoms with Gasteiger partial charge in [0.1, 0.15) is 11.9 Å². The van der Waals surface area contributed by atoms with Crippen molar-refractivity contribution >= 4 is 28.9 Å². The number of hydrogen-bond acceptors (Lipinski definition) is 3. The van der Waals surface area contributed by atoms with Crippen LogP contribution in [0.3, 0.4) is 0 Å². The molecule has 0 spiro atoms. The van der Waals surface area contributed by atoms with Crippen LogP contribution in [0.2, 0.25) is 5.02 Å². The number of benzene rings is 1. The second-order valence-electron chi connectivity index (χ2n) is 4.61. The Morgan fingerprint density at radius 2 is 2.35 bits per heavy atom. The summed E-state index contributed by atoms with van der Waals surface area (Å²) in [4.78, 5) is 1.87. The number of nitrogens with zero attached hydrogens (tertiary/aromatic N) is 3. The lowest BCUT2D eigenvalue weighted by atomic mass is 10.2. The molecule has 0 amide bonds. The van der Waals surface area contributed by atoms with E-state index in [-0.39, 0.29) is 12.3 Å². The van der Waals surface area contributed by atoms with Gasteiger partial charge < -0.3 is 9.64 Å². The van der Waals surface area contributed by atoms with E-state index in [1.54, 1.807) is 6.08 Å². The Kier molecular flexibility index (Phi) is 4.73. The topological polar surface area (TPSA) is 37.2 Å². The molecule has 106 valence electrons. The molecule has 0 radical (unpaired) electrons. The van der Waals surface area contributed by atoms with Gasteiger partial charge in [-0.25, -0.2) is 0 Å². The summed E-state index contributed by atoms with van der Waals surface area (Å²) in [7, 11) is 0. The number of ether oxygens (including phenoxy) is 1. The quantitative estimate of drug-likeness (QED) is 0.610. The summed E-state index contributed by atoms with van der Waals surface area (Å²) in [5.41, 5.74) is 1.09. The van der Waals surface area contributed by atoms with Crippen LogP contribution < -0.4 is 4.74 Å². The first-order valence-corrected chi connectivity index (χ1v) is 7.06. The van der Waals surface area contributed by atoms with Crippen molar-refractivity contribution in [2.24, 2.45) is 10.2 Å². The first-order chi connectivity index (χ1) is 9.52. The first kappa shape index (κ1) is 14.9. The zero-order chi connectivity index (χ0) is 14.7. The van der Waals surface area contributed by atoms with E-state index in [0.29, 0.717) is 22.4 Å². The maximum absolute atomic E-state index is 6.14. The summed E-state index contributed by atoms with van der Waals surface area (Å²) in [6, 6.07) is 5.66. The lowest BCUT2D eigenvalue weighted by Gasteiger charge is -2.27. The minimum absolute atomic E-state index is 0.224. The molecule has 0 N–H and O–H groups in total. The standard InChI is InChI=1S/C14H16ClN3OS/c1-4-7-18-13(16-17-14(18)20)10(3)19-12-8-9(2)5-6-11(12)15/h4-6,8,10,13H,1,7H2,2-3H3. The molecule has 0 bridgehead atoms. The van der Waals surface area contributed by atoms with E-state index in [2.05, 4.69) is 16.8 Å². The highest BCUT2D eigenvalue weighted by atomic mass is 35.5. The van der Waals surface area contributed by atoms with Crippen molar-refractivity contribution in [2.45, 2.75) is 26.1 Å². The molecular weight excluding hydrogens is 294 g/mol. The zero-order valence-corrected chi connectivity index (χ0v) is 13.0. The molecular formula is C14H16ClN3OS. The molecule has 1 aromatic rings. The predicted molar refractivity (Wildman–Crippen MR) is 84.4 cm³/mol. The van der Waals surface area contributed by atoms with Crippen LogP contribution in [0.25, 0.3) is 0 Å². The number of rotatable bonds is 5. The van der Waals surface area contributed by atoms with Crippen molar-refractivity contribution in [2.75, 3.05) is 6.54 Å². The Hall–Kier alpha value is -1.46. The highest BCUT2D eigenvalue weighted by molar-refractivity contribution is 7.80. The lowest BCUT2D eigenvalue weighted by Crippen LogP contribution is -2.42. The molecule has 2 atom stereocenters. The van der Waals surface area contributed by atoms with Crippen molar-refractivity contribution in [3.63, 3.8) is 0 Å². The number of aryl methyl sites for hydroxylation is 1. The molecule has 2 unspecified atom stereocenters. The summed E-state index contributed by atoms with van der Waals surface area (Å²) >= 11 is 11.3. The van der Waals surface area contributed by atoms with Gasteiger partial charge in [0.25, 0.3) is 0 Å². The van der Waals surface area contributed by atoms with E-state index in [1.165, 1.54) is 0 Å². The number of thiocarbonyl (C=S) groups is 1. The molecule has 1 aliphatic rings. The average Bonchev–Trinajstić information content (AvgIpc) is 2.76. The van der Waals surface area contributed by atoms with Crippen molar-refractivity contribution in [1.82, 2.24) is 4.90 Å². The fourth-order valence-electron chi connectivity index (χ4n) is 1.98. The van der Waals surface area contributed by atoms with Crippen LogP contribution in [-0.4, -0.2) is 28.8 Å². The fraction of sp³-hybridized carbons (Fsp3) is 0.357. The van der Waals surface area contributed by atoms with Gasteiger partial charge in [0.15, 0.2) is 6.17 Å².